The fourth-order valence-electron chi connectivity index (χ4n) is 1.80. The third-order valence-corrected chi connectivity index (χ3v) is 2.60. The molecular weight excluding hydrogens is 250 g/mol. The monoisotopic (exact) mass is 267 g/mol. The van der Waals surface area contributed by atoms with Crippen molar-refractivity contribution in [2.45, 2.75) is 25.9 Å². The van der Waals surface area contributed by atoms with E-state index in [-0.39, 0.29) is 5.91 Å². The molecule has 0 aliphatic rings. The summed E-state index contributed by atoms with van der Waals surface area (Å²) < 4.78 is 5.11. The van der Waals surface area contributed by atoms with Crippen LogP contribution >= 0.6 is 0 Å². The van der Waals surface area contributed by atoms with E-state index in [0.29, 0.717) is 17.0 Å². The van der Waals surface area contributed by atoms with E-state index < -0.39 is 18.0 Å². The van der Waals surface area contributed by atoms with Crippen molar-refractivity contribution in [1.29, 1.82) is 0 Å². The second kappa shape index (κ2) is 5.71. The van der Waals surface area contributed by atoms with Gasteiger partial charge in [-0.1, -0.05) is 0 Å². The molecule has 0 radical (unpaired) electrons. The van der Waals surface area contributed by atoms with Gasteiger partial charge in [-0.3, -0.25) is 9.59 Å². The average Bonchev–Trinajstić information content (AvgIpc) is 2.26. The number of aliphatic hydroxyl groups is 1. The number of rotatable bonds is 5. The van der Waals surface area contributed by atoms with Gasteiger partial charge in [-0.05, 0) is 25.1 Å². The van der Waals surface area contributed by atoms with Crippen LogP contribution in [-0.4, -0.2) is 29.2 Å². The first-order valence-electron chi connectivity index (χ1n) is 5.66. The van der Waals surface area contributed by atoms with Gasteiger partial charge in [-0.15, -0.1) is 0 Å². The number of carboxylic acids is 1. The molecule has 0 aliphatic carbocycles. The number of hydrogen-bond acceptors (Lipinski definition) is 4. The van der Waals surface area contributed by atoms with E-state index in [1.54, 1.807) is 12.1 Å². The lowest BCUT2D eigenvalue weighted by Gasteiger charge is -2.24. The van der Waals surface area contributed by atoms with Crippen molar-refractivity contribution < 1.29 is 24.5 Å². The number of methoxy groups -OCH3 is 1. The fourth-order valence-corrected chi connectivity index (χ4v) is 1.80. The first-order valence-corrected chi connectivity index (χ1v) is 5.66. The molecule has 1 unspecified atom stereocenters. The Balaban J connectivity index is 3.21. The standard InChI is InChI=1S/C13H17NO5/c1-8(15)14-9-4-5-11(19-3)10(6-9)13(2,18)7-12(16)17/h4-6,18H,7H2,1-3H3,(H,14,15)(H,16,17). The zero-order chi connectivity index (χ0) is 14.6. The Hall–Kier alpha value is -2.08. The predicted molar refractivity (Wildman–Crippen MR) is 69.1 cm³/mol. The lowest BCUT2D eigenvalue weighted by molar-refractivity contribution is -0.142. The van der Waals surface area contributed by atoms with Crippen molar-refractivity contribution >= 4 is 17.6 Å². The minimum Gasteiger partial charge on any atom is -0.496 e. The number of carbonyl (C=O) groups is 2. The number of nitrogens with one attached hydrogen (secondary N) is 1. The van der Waals surface area contributed by atoms with Crippen molar-refractivity contribution in [3.8, 4) is 5.75 Å². The van der Waals surface area contributed by atoms with Gasteiger partial charge in [0.1, 0.15) is 11.4 Å². The van der Waals surface area contributed by atoms with Gasteiger partial charge in [-0.25, -0.2) is 0 Å². The van der Waals surface area contributed by atoms with Gasteiger partial charge < -0.3 is 20.3 Å². The molecule has 3 N–H and O–H groups in total. The summed E-state index contributed by atoms with van der Waals surface area (Å²) >= 11 is 0. The van der Waals surface area contributed by atoms with Crippen molar-refractivity contribution in [2.75, 3.05) is 12.4 Å². The summed E-state index contributed by atoms with van der Waals surface area (Å²) in [6, 6.07) is 4.68. The van der Waals surface area contributed by atoms with Crippen LogP contribution in [0.25, 0.3) is 0 Å². The maximum Gasteiger partial charge on any atom is 0.306 e. The zero-order valence-corrected chi connectivity index (χ0v) is 11.1. The maximum absolute atomic E-state index is 11.0. The molecule has 0 fully saturated rings. The second-order valence-electron chi connectivity index (χ2n) is 4.44. The van der Waals surface area contributed by atoms with E-state index in [1.165, 1.54) is 27.0 Å². The minimum absolute atomic E-state index is 0.256. The third-order valence-electron chi connectivity index (χ3n) is 2.60. The first-order chi connectivity index (χ1) is 8.76. The highest BCUT2D eigenvalue weighted by Gasteiger charge is 2.30. The van der Waals surface area contributed by atoms with Crippen LogP contribution in [0.2, 0.25) is 0 Å². The topological polar surface area (TPSA) is 95.9 Å². The van der Waals surface area contributed by atoms with Crippen LogP contribution in [0.15, 0.2) is 18.2 Å². The summed E-state index contributed by atoms with van der Waals surface area (Å²) in [4.78, 5) is 21.8. The van der Waals surface area contributed by atoms with Crippen LogP contribution in [0.1, 0.15) is 25.8 Å². The van der Waals surface area contributed by atoms with Gasteiger partial charge in [-0.2, -0.15) is 0 Å². The van der Waals surface area contributed by atoms with Crippen LogP contribution in [0.3, 0.4) is 0 Å². The average molecular weight is 267 g/mol. The van der Waals surface area contributed by atoms with Gasteiger partial charge in [0.05, 0.1) is 13.5 Å². The number of benzene rings is 1. The number of aliphatic carboxylic acids is 1. The fraction of sp³-hybridized carbons (Fsp3) is 0.385. The number of carboxylic acid groups (broad SMARTS) is 1. The van der Waals surface area contributed by atoms with E-state index in [1.807, 2.05) is 0 Å². The SMILES string of the molecule is COc1ccc(NC(C)=O)cc1C(C)(O)CC(=O)O. The molecule has 1 amide bonds. The summed E-state index contributed by atoms with van der Waals surface area (Å²) in [5.74, 6) is -1.02. The van der Waals surface area contributed by atoms with Crippen LogP contribution < -0.4 is 10.1 Å². The Morgan fingerprint density at radius 2 is 2.05 bits per heavy atom. The number of ether oxygens (including phenoxy) is 1. The van der Waals surface area contributed by atoms with Crippen molar-refractivity contribution in [2.24, 2.45) is 0 Å². The Kier molecular flexibility index (Phi) is 4.50. The molecule has 0 bridgehead atoms. The summed E-state index contributed by atoms with van der Waals surface area (Å²) in [6.07, 6.45) is -0.465. The van der Waals surface area contributed by atoms with E-state index in [9.17, 15) is 14.7 Å². The number of carbonyl (C=O) groups excluding carboxylic acids is 1. The molecule has 0 spiro atoms. The van der Waals surface area contributed by atoms with Crippen LogP contribution in [0, 0.1) is 0 Å². The number of anilines is 1. The van der Waals surface area contributed by atoms with E-state index in [0.717, 1.165) is 0 Å². The Morgan fingerprint density at radius 3 is 2.53 bits per heavy atom. The molecule has 1 atom stereocenters. The highest BCUT2D eigenvalue weighted by atomic mass is 16.5. The van der Waals surface area contributed by atoms with Crippen LogP contribution in [0.5, 0.6) is 5.75 Å². The van der Waals surface area contributed by atoms with Crippen LogP contribution in [-0.2, 0) is 15.2 Å². The predicted octanol–water partition coefficient (Wildman–Crippen LogP) is 1.34. The molecule has 6 nitrogen and oxygen atoms in total. The van der Waals surface area contributed by atoms with Gasteiger partial charge >= 0.3 is 5.97 Å². The second-order valence-corrected chi connectivity index (χ2v) is 4.44. The van der Waals surface area contributed by atoms with E-state index in [2.05, 4.69) is 5.32 Å². The Morgan fingerprint density at radius 1 is 1.42 bits per heavy atom. The molecule has 104 valence electrons. The van der Waals surface area contributed by atoms with Crippen molar-refractivity contribution in [1.82, 2.24) is 0 Å². The molecule has 0 aliphatic heterocycles. The zero-order valence-electron chi connectivity index (χ0n) is 11.1. The van der Waals surface area contributed by atoms with Crippen LogP contribution in [0.4, 0.5) is 5.69 Å². The largest absolute Gasteiger partial charge is 0.496 e. The highest BCUT2D eigenvalue weighted by molar-refractivity contribution is 5.89. The van der Waals surface area contributed by atoms with Crippen molar-refractivity contribution in [3.05, 3.63) is 23.8 Å². The highest BCUT2D eigenvalue weighted by Crippen LogP contribution is 2.34. The quantitative estimate of drug-likeness (QED) is 0.748. The number of hydrogen-bond donors (Lipinski definition) is 3. The third kappa shape index (κ3) is 3.96. The Bertz CT molecular complexity index is 496. The molecule has 1 aromatic carbocycles. The summed E-state index contributed by atoms with van der Waals surface area (Å²) in [6.45, 7) is 2.75. The summed E-state index contributed by atoms with van der Waals surface area (Å²) in [7, 11) is 1.42. The Labute approximate surface area is 111 Å². The molecule has 0 heterocycles. The minimum atomic E-state index is -1.59. The number of amides is 1. The molecule has 0 saturated heterocycles. The summed E-state index contributed by atoms with van der Waals surface area (Å²) in [5, 5.41) is 21.6. The maximum atomic E-state index is 11.0. The molecule has 0 saturated carbocycles. The van der Waals surface area contributed by atoms with Gasteiger partial charge in [0.25, 0.3) is 0 Å². The first kappa shape index (κ1) is 15.0. The molecule has 1 aromatic rings. The lowest BCUT2D eigenvalue weighted by Crippen LogP contribution is -2.26. The smallest absolute Gasteiger partial charge is 0.306 e. The molecule has 1 rings (SSSR count). The lowest BCUT2D eigenvalue weighted by atomic mass is 9.91. The van der Waals surface area contributed by atoms with Crippen molar-refractivity contribution in [3.63, 3.8) is 0 Å². The molecule has 6 heteroatoms. The van der Waals surface area contributed by atoms with E-state index >= 15 is 0 Å². The van der Waals surface area contributed by atoms with E-state index in [4.69, 9.17) is 9.84 Å². The normalized spacial score (nSPS) is 13.5. The molecule has 0 aromatic heterocycles. The molecule has 19 heavy (non-hydrogen) atoms. The van der Waals surface area contributed by atoms with Gasteiger partial charge in [0.15, 0.2) is 0 Å². The van der Waals surface area contributed by atoms with Gasteiger partial charge in [0.2, 0.25) is 5.91 Å². The van der Waals surface area contributed by atoms with Gasteiger partial charge in [0, 0.05) is 18.2 Å². The summed E-state index contributed by atoms with van der Waals surface area (Å²) in [5.41, 5.74) is -0.816. The molecular formula is C13H17NO5.